The second-order valence-electron chi connectivity index (χ2n) is 5.10. The third kappa shape index (κ3) is 9.95. The van der Waals surface area contributed by atoms with Crippen molar-refractivity contribution in [2.24, 2.45) is 5.73 Å². The molecule has 6 nitrogen and oxygen atoms in total. The average Bonchev–Trinajstić information content (AvgIpc) is 2.43. The van der Waals surface area contributed by atoms with Crippen molar-refractivity contribution in [1.82, 2.24) is 0 Å². The van der Waals surface area contributed by atoms with Crippen LogP contribution in [0.1, 0.15) is 24.8 Å². The van der Waals surface area contributed by atoms with Gasteiger partial charge in [0, 0.05) is 18.7 Å². The number of rotatable bonds is 9. The molecule has 0 aliphatic heterocycles. The number of hydrogen-bond donors (Lipinski definition) is 3. The van der Waals surface area contributed by atoms with Crippen molar-refractivity contribution in [2.75, 3.05) is 11.9 Å². The van der Waals surface area contributed by atoms with Gasteiger partial charge in [0.25, 0.3) is 5.69 Å². The first-order chi connectivity index (χ1) is 9.95. The van der Waals surface area contributed by atoms with Crippen LogP contribution in [-0.2, 0) is 0 Å². The van der Waals surface area contributed by atoms with E-state index in [0.29, 0.717) is 25.1 Å². The zero-order chi connectivity index (χ0) is 15.8. The van der Waals surface area contributed by atoms with E-state index in [2.05, 4.69) is 11.9 Å². The summed E-state index contributed by atoms with van der Waals surface area (Å²) >= 11 is 0. The molecule has 0 bridgehead atoms. The van der Waals surface area contributed by atoms with Crippen LogP contribution in [0.15, 0.2) is 30.9 Å². The minimum atomic E-state index is -0.587. The second kappa shape index (κ2) is 15.1. The van der Waals surface area contributed by atoms with Crippen LogP contribution in [0.4, 0.5) is 11.4 Å². The van der Waals surface area contributed by atoms with E-state index in [9.17, 15) is 15.2 Å². The SMILES string of the molecule is C=CCC(O)C(N)CCCNc1cc(C)ccc1[N+](=O)[O-].[Br-].[Br-].[Mg+2]. The number of halogens is 2. The molecule has 2 atom stereocenters. The van der Waals surface area contributed by atoms with E-state index in [1.54, 1.807) is 18.2 Å². The minimum Gasteiger partial charge on any atom is -1.00 e. The summed E-state index contributed by atoms with van der Waals surface area (Å²) in [5.41, 5.74) is 7.39. The number of nitrogens with zero attached hydrogens (tertiary/aromatic N) is 1. The summed E-state index contributed by atoms with van der Waals surface area (Å²) in [5, 5.41) is 23.7. The Morgan fingerprint density at radius 2 is 2.08 bits per heavy atom. The molecule has 0 saturated heterocycles. The maximum Gasteiger partial charge on any atom is 2.00 e. The van der Waals surface area contributed by atoms with Crippen molar-refractivity contribution in [2.45, 2.75) is 38.3 Å². The van der Waals surface area contributed by atoms with Gasteiger partial charge in [-0.3, -0.25) is 10.1 Å². The van der Waals surface area contributed by atoms with Gasteiger partial charge in [-0.1, -0.05) is 12.1 Å². The molecule has 0 spiro atoms. The van der Waals surface area contributed by atoms with Crippen LogP contribution in [0.2, 0.25) is 0 Å². The predicted octanol–water partition coefficient (Wildman–Crippen LogP) is -4.01. The Labute approximate surface area is 180 Å². The topological polar surface area (TPSA) is 101 Å². The molecular formula is C15H23Br2MgN3O3. The summed E-state index contributed by atoms with van der Waals surface area (Å²) in [7, 11) is 0. The summed E-state index contributed by atoms with van der Waals surface area (Å²) in [5.74, 6) is 0. The van der Waals surface area contributed by atoms with Crippen LogP contribution in [0.25, 0.3) is 0 Å². The average molecular weight is 477 g/mol. The smallest absolute Gasteiger partial charge is 1.00 e. The number of aryl methyl sites for hydroxylation is 1. The first kappa shape index (κ1) is 28.6. The summed E-state index contributed by atoms with van der Waals surface area (Å²) in [6, 6.07) is 4.66. The van der Waals surface area contributed by atoms with Gasteiger partial charge in [0.1, 0.15) is 5.69 Å². The number of aliphatic hydroxyl groups excluding tert-OH is 1. The Bertz CT molecular complexity index is 507. The van der Waals surface area contributed by atoms with E-state index in [-0.39, 0.29) is 68.7 Å². The van der Waals surface area contributed by atoms with Crippen LogP contribution < -0.4 is 45.0 Å². The van der Waals surface area contributed by atoms with E-state index in [1.807, 2.05) is 6.92 Å². The van der Waals surface area contributed by atoms with Crippen molar-refractivity contribution in [3.8, 4) is 0 Å². The van der Waals surface area contributed by atoms with Gasteiger partial charge >= 0.3 is 23.1 Å². The van der Waals surface area contributed by atoms with Crippen molar-refractivity contribution >= 4 is 34.4 Å². The van der Waals surface area contributed by atoms with Crippen molar-refractivity contribution in [3.63, 3.8) is 0 Å². The molecule has 1 aromatic carbocycles. The normalized spacial score (nSPS) is 11.8. The van der Waals surface area contributed by atoms with Gasteiger partial charge in [-0.25, -0.2) is 0 Å². The summed E-state index contributed by atoms with van der Waals surface area (Å²) in [4.78, 5) is 10.5. The molecule has 9 heteroatoms. The summed E-state index contributed by atoms with van der Waals surface area (Å²) in [6.07, 6.45) is 2.88. The monoisotopic (exact) mass is 475 g/mol. The molecule has 0 radical (unpaired) electrons. The van der Waals surface area contributed by atoms with Crippen molar-refractivity contribution in [1.29, 1.82) is 0 Å². The molecule has 4 N–H and O–H groups in total. The summed E-state index contributed by atoms with van der Waals surface area (Å²) < 4.78 is 0. The van der Waals surface area contributed by atoms with E-state index in [1.165, 1.54) is 6.07 Å². The van der Waals surface area contributed by atoms with Gasteiger partial charge in [-0.05, 0) is 37.8 Å². The number of hydrogen-bond acceptors (Lipinski definition) is 5. The van der Waals surface area contributed by atoms with Gasteiger partial charge in [0.15, 0.2) is 0 Å². The summed E-state index contributed by atoms with van der Waals surface area (Å²) in [6.45, 7) is 6.02. The van der Waals surface area contributed by atoms with Gasteiger partial charge in [0.05, 0.1) is 11.0 Å². The minimum absolute atomic E-state index is 0. The van der Waals surface area contributed by atoms with E-state index in [0.717, 1.165) is 12.0 Å². The molecular weight excluding hydrogens is 454 g/mol. The molecule has 0 aromatic heterocycles. The molecule has 0 heterocycles. The largest absolute Gasteiger partial charge is 2.00 e. The molecule has 0 aliphatic rings. The molecule has 0 saturated carbocycles. The van der Waals surface area contributed by atoms with Gasteiger partial charge in [0.2, 0.25) is 0 Å². The first-order valence-corrected chi connectivity index (χ1v) is 6.99. The first-order valence-electron chi connectivity index (χ1n) is 6.99. The maximum absolute atomic E-state index is 10.9. The molecule has 24 heavy (non-hydrogen) atoms. The molecule has 0 amide bonds. The van der Waals surface area contributed by atoms with Crippen molar-refractivity contribution in [3.05, 3.63) is 46.5 Å². The Hall–Kier alpha value is -0.194. The van der Waals surface area contributed by atoms with Gasteiger partial charge in [-0.2, -0.15) is 0 Å². The number of nitro groups is 1. The Morgan fingerprint density at radius 1 is 1.46 bits per heavy atom. The fourth-order valence-electron chi connectivity index (χ4n) is 2.05. The number of nitrogens with two attached hydrogens (primary N) is 1. The molecule has 0 fully saturated rings. The molecule has 1 aromatic rings. The number of benzene rings is 1. The zero-order valence-corrected chi connectivity index (χ0v) is 18.3. The number of anilines is 1. The molecule has 0 aliphatic carbocycles. The number of aliphatic hydroxyl groups is 1. The Kier molecular flexibility index (Phi) is 18.0. The number of nitrogens with one attached hydrogen (secondary N) is 1. The predicted molar refractivity (Wildman–Crippen MR) is 90.1 cm³/mol. The van der Waals surface area contributed by atoms with Crippen molar-refractivity contribution < 1.29 is 44.0 Å². The third-order valence-electron chi connectivity index (χ3n) is 3.28. The third-order valence-corrected chi connectivity index (χ3v) is 3.28. The van der Waals surface area contributed by atoms with E-state index >= 15 is 0 Å². The van der Waals surface area contributed by atoms with Crippen LogP contribution >= 0.6 is 0 Å². The van der Waals surface area contributed by atoms with E-state index in [4.69, 9.17) is 5.73 Å². The molecule has 1 rings (SSSR count). The number of nitro benzene ring substituents is 1. The second-order valence-corrected chi connectivity index (χ2v) is 5.10. The quantitative estimate of drug-likeness (QED) is 0.111. The zero-order valence-electron chi connectivity index (χ0n) is 13.8. The standard InChI is InChI=1S/C15H23N3O3.2BrH.Mg/c1-3-5-15(19)12(16)6-4-9-17-13-10-11(2)7-8-14(13)18(20)21;;;/h3,7-8,10,12,15,17,19H,1,4-6,9,16H2,2H3;2*1H;/q;;;+2/p-2. The van der Waals surface area contributed by atoms with Crippen LogP contribution in [0, 0.1) is 17.0 Å². The van der Waals surface area contributed by atoms with Crippen LogP contribution in [0.3, 0.4) is 0 Å². The fourth-order valence-corrected chi connectivity index (χ4v) is 2.05. The fraction of sp³-hybridized carbons (Fsp3) is 0.467. The van der Waals surface area contributed by atoms with Crippen LogP contribution in [0.5, 0.6) is 0 Å². The van der Waals surface area contributed by atoms with Crippen LogP contribution in [-0.4, -0.2) is 51.8 Å². The molecule has 2 unspecified atom stereocenters. The van der Waals surface area contributed by atoms with E-state index < -0.39 is 11.0 Å². The van der Waals surface area contributed by atoms with Gasteiger partial charge < -0.3 is 50.1 Å². The van der Waals surface area contributed by atoms with Gasteiger partial charge in [-0.15, -0.1) is 6.58 Å². The Balaban J connectivity index is -0.00000147. The molecule has 132 valence electrons. The maximum atomic E-state index is 10.9. The Morgan fingerprint density at radius 3 is 2.62 bits per heavy atom.